The van der Waals surface area contributed by atoms with Gasteiger partial charge in [0.1, 0.15) is 19.3 Å². The number of hydrogen-bond acceptors (Lipinski definition) is 6. The van der Waals surface area contributed by atoms with Crippen molar-refractivity contribution in [1.29, 1.82) is 0 Å². The van der Waals surface area contributed by atoms with E-state index in [0.29, 0.717) is 17.4 Å². The van der Waals surface area contributed by atoms with E-state index in [1.807, 2.05) is 33.3 Å². The summed E-state index contributed by atoms with van der Waals surface area (Å²) in [5.74, 6) is -0.545. The molecule has 3 atom stereocenters. The minimum absolute atomic E-state index is 0.0286. The number of allylic oxidation sites excluding steroid dienone is 17. The molecule has 0 aromatic heterocycles. The van der Waals surface area contributed by atoms with Crippen LogP contribution < -0.4 is 5.32 Å². The molecule has 0 heterocycles. The quantitative estimate of drug-likeness (QED) is 0.0205. The Morgan fingerprint density at radius 1 is 0.417 bits per heavy atom. The molecule has 3 unspecified atom stereocenters. The van der Waals surface area contributed by atoms with Crippen molar-refractivity contribution in [2.45, 2.75) is 309 Å². The summed E-state index contributed by atoms with van der Waals surface area (Å²) in [6.07, 6.45) is 86.7. The number of phosphoric acid groups is 1. The van der Waals surface area contributed by atoms with Crippen LogP contribution in [-0.2, 0) is 27.9 Å². The normalized spacial score (nSPS) is 14.2. The second-order valence-electron chi connectivity index (χ2n) is 24.3. The van der Waals surface area contributed by atoms with Gasteiger partial charge < -0.3 is 19.4 Å². The number of carbonyl (C=O) groups excluding carboxylic acids is 2. The molecule has 0 bridgehead atoms. The molecule has 0 aliphatic carbocycles. The lowest BCUT2D eigenvalue weighted by molar-refractivity contribution is -0.870. The fourth-order valence-electron chi connectivity index (χ4n) is 9.55. The molecule has 0 fully saturated rings. The fourth-order valence-corrected chi connectivity index (χ4v) is 10.3. The number of hydrogen-bond donors (Lipinski definition) is 2. The van der Waals surface area contributed by atoms with Crippen LogP contribution in [0.2, 0.25) is 0 Å². The van der Waals surface area contributed by atoms with Gasteiger partial charge >= 0.3 is 13.8 Å². The predicted octanol–water partition coefficient (Wildman–Crippen LogP) is 22.1. The number of rotatable bonds is 62. The van der Waals surface area contributed by atoms with Crippen molar-refractivity contribution in [3.8, 4) is 0 Å². The molecule has 0 aliphatic rings. The Hall–Kier alpha value is -3.33. The van der Waals surface area contributed by atoms with E-state index < -0.39 is 20.0 Å². The zero-order valence-corrected chi connectivity index (χ0v) is 56.3. The van der Waals surface area contributed by atoms with E-state index in [4.69, 9.17) is 13.8 Å². The van der Waals surface area contributed by atoms with Crippen LogP contribution in [0.5, 0.6) is 0 Å². The highest BCUT2D eigenvalue weighted by Gasteiger charge is 2.30. The number of nitrogens with one attached hydrogen (secondary N) is 1. The van der Waals surface area contributed by atoms with E-state index in [1.165, 1.54) is 161 Å². The van der Waals surface area contributed by atoms with E-state index in [2.05, 4.69) is 123 Å². The van der Waals surface area contributed by atoms with E-state index in [-0.39, 0.29) is 37.9 Å². The molecule has 0 rings (SSSR count). The van der Waals surface area contributed by atoms with E-state index in [9.17, 15) is 19.0 Å². The first-order chi connectivity index (χ1) is 40.9. The van der Waals surface area contributed by atoms with E-state index >= 15 is 0 Å². The molecule has 0 spiro atoms. The van der Waals surface area contributed by atoms with Crippen LogP contribution in [0, 0.1) is 0 Å². The predicted molar refractivity (Wildman–Crippen MR) is 364 cm³/mol. The Bertz CT molecular complexity index is 1810. The van der Waals surface area contributed by atoms with Crippen LogP contribution in [0.4, 0.5) is 0 Å². The van der Waals surface area contributed by atoms with Crippen molar-refractivity contribution >= 4 is 19.7 Å². The van der Waals surface area contributed by atoms with Gasteiger partial charge in [0.25, 0.3) is 0 Å². The molecule has 1 amide bonds. The van der Waals surface area contributed by atoms with Gasteiger partial charge in [-0.25, -0.2) is 4.57 Å². The maximum Gasteiger partial charge on any atom is 0.472 e. The average Bonchev–Trinajstić information content (AvgIpc) is 3.65. The highest BCUT2D eigenvalue weighted by molar-refractivity contribution is 7.47. The molecule has 10 heteroatoms. The molecular formula is C74H132N2O7P+. The number of likely N-dealkylation sites (N-methyl/N-ethyl adjacent to an activating group) is 1. The van der Waals surface area contributed by atoms with Gasteiger partial charge in [-0.2, -0.15) is 0 Å². The number of carbonyl (C=O) groups is 2. The smallest absolute Gasteiger partial charge is 0.456 e. The SMILES string of the molecule is CCCCC/C=C\C/C=C\C/C=C\C/C=C\CCCCCCCCCCCCCC(=O)OC(/C=C\CCCCCCCCCCCC)C(COP(=O)(O)OCC[N+](C)(C)C)NC(=O)CCCCC/C=C\C/C=C\C/C=C\C/C=C\CCCCC. The highest BCUT2D eigenvalue weighted by Crippen LogP contribution is 2.43. The summed E-state index contributed by atoms with van der Waals surface area (Å²) >= 11 is 0. The molecule has 0 aromatic carbocycles. The van der Waals surface area contributed by atoms with Crippen molar-refractivity contribution in [3.05, 3.63) is 109 Å². The van der Waals surface area contributed by atoms with Gasteiger partial charge in [0.05, 0.1) is 33.8 Å². The number of unbranched alkanes of at least 4 members (excludes halogenated alkanes) is 30. The first-order valence-corrected chi connectivity index (χ1v) is 36.2. The number of amides is 1. The number of nitrogens with zero attached hydrogens (tertiary/aromatic N) is 1. The molecule has 84 heavy (non-hydrogen) atoms. The Balaban J connectivity index is 5.14. The molecule has 2 N–H and O–H groups in total. The summed E-state index contributed by atoms with van der Waals surface area (Å²) in [5, 5.41) is 3.05. The number of phosphoric ester groups is 1. The Labute approximate surface area is 519 Å². The topological polar surface area (TPSA) is 111 Å². The summed E-state index contributed by atoms with van der Waals surface area (Å²) < 4.78 is 30.8. The van der Waals surface area contributed by atoms with Gasteiger partial charge in [-0.05, 0) is 122 Å². The molecular weight excluding hydrogens is 1060 g/mol. The monoisotopic (exact) mass is 1190 g/mol. The van der Waals surface area contributed by atoms with Crippen molar-refractivity contribution in [3.63, 3.8) is 0 Å². The Morgan fingerprint density at radius 2 is 0.726 bits per heavy atom. The molecule has 9 nitrogen and oxygen atoms in total. The highest BCUT2D eigenvalue weighted by atomic mass is 31.2. The second kappa shape index (κ2) is 62.7. The van der Waals surface area contributed by atoms with Crippen LogP contribution in [0.1, 0.15) is 297 Å². The minimum Gasteiger partial charge on any atom is -0.456 e. The first kappa shape index (κ1) is 80.7. The number of quaternary nitrogens is 1. The van der Waals surface area contributed by atoms with Gasteiger partial charge in [-0.1, -0.05) is 272 Å². The van der Waals surface area contributed by atoms with Gasteiger partial charge in [-0.15, -0.1) is 0 Å². The summed E-state index contributed by atoms with van der Waals surface area (Å²) in [4.78, 5) is 37.8. The Morgan fingerprint density at radius 3 is 1.12 bits per heavy atom. The molecule has 484 valence electrons. The minimum atomic E-state index is -4.47. The zero-order valence-electron chi connectivity index (χ0n) is 55.4. The third kappa shape index (κ3) is 63.2. The Kier molecular flexibility index (Phi) is 60.2. The van der Waals surface area contributed by atoms with Gasteiger partial charge in [0.15, 0.2) is 0 Å². The number of ether oxygens (including phenoxy) is 1. The van der Waals surface area contributed by atoms with Crippen LogP contribution in [0.3, 0.4) is 0 Å². The standard InChI is InChI=1S/C74H131N2O7P/c1-7-10-13-16-19-22-25-28-30-32-34-35-36-37-38-39-40-41-43-45-47-49-52-55-58-61-64-67-74(78)83-72(65-62-59-56-53-50-27-24-21-18-15-12-9-3)71(70-82-84(79,80)81-69-68-76(4,5)6)75-73(77)66-63-60-57-54-51-48-46-44-42-33-31-29-26-23-20-17-14-11-8-2/h19-20,22-23,28-31,34-35,37-38,42,44,48,51,62,65,71-72H,7-18,21,24-27,32-33,36,39-41,43,45-47,49-50,52-61,63-64,66-70H2,1-6H3,(H-,75,77,79,80)/p+1/b22-19-,23-20-,30-28-,31-29-,35-34-,38-37-,44-42-,51-48-,65-62-. The van der Waals surface area contributed by atoms with Crippen molar-refractivity contribution in [2.75, 3.05) is 40.9 Å². The third-order valence-electron chi connectivity index (χ3n) is 14.9. The molecule has 0 saturated heterocycles. The molecule has 0 radical (unpaired) electrons. The van der Waals surface area contributed by atoms with E-state index in [1.54, 1.807) is 0 Å². The third-order valence-corrected chi connectivity index (χ3v) is 15.9. The van der Waals surface area contributed by atoms with Crippen molar-refractivity contribution in [2.24, 2.45) is 0 Å². The lowest BCUT2D eigenvalue weighted by Gasteiger charge is -2.27. The first-order valence-electron chi connectivity index (χ1n) is 34.7. The summed E-state index contributed by atoms with van der Waals surface area (Å²) in [7, 11) is 1.46. The van der Waals surface area contributed by atoms with Gasteiger partial charge in [-0.3, -0.25) is 18.6 Å². The lowest BCUT2D eigenvalue weighted by Crippen LogP contribution is -2.47. The molecule has 0 aromatic rings. The summed E-state index contributed by atoms with van der Waals surface area (Å²) in [6.45, 7) is 6.93. The van der Waals surface area contributed by atoms with Crippen molar-refractivity contribution in [1.82, 2.24) is 5.32 Å². The largest absolute Gasteiger partial charge is 0.472 e. The second-order valence-corrected chi connectivity index (χ2v) is 25.8. The van der Waals surface area contributed by atoms with Crippen LogP contribution in [0.15, 0.2) is 109 Å². The molecule has 0 aliphatic heterocycles. The van der Waals surface area contributed by atoms with E-state index in [0.717, 1.165) is 96.3 Å². The number of esters is 1. The fraction of sp³-hybridized carbons (Fsp3) is 0.730. The summed E-state index contributed by atoms with van der Waals surface area (Å²) in [5.41, 5.74) is 0. The van der Waals surface area contributed by atoms with Gasteiger partial charge in [0.2, 0.25) is 5.91 Å². The average molecular weight is 1190 g/mol. The molecule has 0 saturated carbocycles. The van der Waals surface area contributed by atoms with Crippen molar-refractivity contribution < 1.29 is 37.3 Å². The zero-order chi connectivity index (χ0) is 61.4. The lowest BCUT2D eigenvalue weighted by atomic mass is 10.0. The van der Waals surface area contributed by atoms with Crippen LogP contribution in [-0.4, -0.2) is 74.3 Å². The summed E-state index contributed by atoms with van der Waals surface area (Å²) in [6, 6.07) is -0.874. The maximum atomic E-state index is 13.6. The maximum absolute atomic E-state index is 13.6. The van der Waals surface area contributed by atoms with Crippen LogP contribution >= 0.6 is 7.82 Å². The van der Waals surface area contributed by atoms with Crippen LogP contribution in [0.25, 0.3) is 0 Å². The van der Waals surface area contributed by atoms with Gasteiger partial charge in [0, 0.05) is 12.8 Å².